The van der Waals surface area contributed by atoms with E-state index >= 15 is 0 Å². The number of carbonyl (C=O) groups is 4. The lowest BCUT2D eigenvalue weighted by Gasteiger charge is -2.69. The predicted molar refractivity (Wildman–Crippen MR) is 204 cm³/mol. The van der Waals surface area contributed by atoms with Crippen molar-refractivity contribution in [2.24, 2.45) is 16.7 Å². The molecule has 2 aromatic rings. The molecule has 0 radical (unpaired) electrons. The Morgan fingerprint density at radius 1 is 0.881 bits per heavy atom. The van der Waals surface area contributed by atoms with Crippen molar-refractivity contribution in [1.29, 1.82) is 0 Å². The highest BCUT2D eigenvalue weighted by molar-refractivity contribution is 5.95. The van der Waals surface area contributed by atoms with E-state index in [0.717, 1.165) is 6.92 Å². The largest absolute Gasteiger partial charge is 0.455 e. The zero-order valence-electron chi connectivity index (χ0n) is 33.5. The van der Waals surface area contributed by atoms with Gasteiger partial charge in [0.15, 0.2) is 17.8 Å². The van der Waals surface area contributed by atoms with Gasteiger partial charge in [0.1, 0.15) is 30.0 Å². The summed E-state index contributed by atoms with van der Waals surface area (Å²) in [6, 6.07) is 14.5. The fourth-order valence-electron chi connectivity index (χ4n) is 10.6. The van der Waals surface area contributed by atoms with Crippen molar-refractivity contribution in [2.45, 2.75) is 126 Å². The lowest BCUT2D eigenvalue weighted by molar-refractivity contribution is -0.370. The average molecular weight is 824 g/mol. The zero-order chi connectivity index (χ0) is 42.8. The summed E-state index contributed by atoms with van der Waals surface area (Å²) in [6.07, 6.45) is -14.6. The maximum atomic E-state index is 14.2. The Morgan fingerprint density at radius 2 is 1.51 bits per heavy atom. The molecule has 2 saturated carbocycles. The third-order valence-corrected chi connectivity index (χ3v) is 13.7. The van der Waals surface area contributed by atoms with Gasteiger partial charge in [-0.25, -0.2) is 9.59 Å². The van der Waals surface area contributed by atoms with Gasteiger partial charge in [0.2, 0.25) is 0 Å². The Balaban J connectivity index is 1.35. The predicted octanol–water partition coefficient (Wildman–Crippen LogP) is 0.734. The van der Waals surface area contributed by atoms with Crippen LogP contribution in [0.15, 0.2) is 71.8 Å². The highest BCUT2D eigenvalue weighted by atomic mass is 16.6. The molecular weight excluding hydrogens is 770 g/mol. The summed E-state index contributed by atoms with van der Waals surface area (Å²) in [5.41, 5.74) is -8.19. The molecule has 2 aliphatic heterocycles. The van der Waals surface area contributed by atoms with Crippen LogP contribution in [0.1, 0.15) is 74.6 Å². The number of fused-ring (bicyclic) bond motifs is 5. The van der Waals surface area contributed by atoms with E-state index in [9.17, 15) is 49.8 Å². The Morgan fingerprint density at radius 3 is 2.07 bits per heavy atom. The van der Waals surface area contributed by atoms with Gasteiger partial charge in [-0.2, -0.15) is 0 Å². The molecule has 59 heavy (non-hydrogen) atoms. The summed E-state index contributed by atoms with van der Waals surface area (Å²) in [5.74, 6) is -5.32. The number of ether oxygens (including phenoxy) is 5. The van der Waals surface area contributed by atoms with Crippen molar-refractivity contribution in [2.75, 3.05) is 13.2 Å². The van der Waals surface area contributed by atoms with Gasteiger partial charge in [-0.3, -0.25) is 9.59 Å². The van der Waals surface area contributed by atoms with Gasteiger partial charge < -0.3 is 59.6 Å². The monoisotopic (exact) mass is 823 g/mol. The Hall–Kier alpha value is -4.26. The number of nitrogens with one attached hydrogen (secondary N) is 1. The Labute approximate surface area is 341 Å². The molecule has 14 atom stereocenters. The number of esters is 3. The van der Waals surface area contributed by atoms with E-state index in [1.807, 2.05) is 0 Å². The molecule has 2 saturated heterocycles. The molecule has 16 nitrogen and oxygen atoms in total. The van der Waals surface area contributed by atoms with Crippen molar-refractivity contribution >= 4 is 23.8 Å². The highest BCUT2D eigenvalue weighted by Gasteiger charge is 2.79. The van der Waals surface area contributed by atoms with Crippen LogP contribution in [0.3, 0.4) is 0 Å². The van der Waals surface area contributed by atoms with Crippen LogP contribution in [0.2, 0.25) is 0 Å². The van der Waals surface area contributed by atoms with Gasteiger partial charge in [-0.15, -0.1) is 0 Å². The summed E-state index contributed by atoms with van der Waals surface area (Å²) in [6.45, 7) is 6.84. The number of amides is 1. The average Bonchev–Trinajstić information content (AvgIpc) is 3.75. The third-order valence-electron chi connectivity index (χ3n) is 13.7. The van der Waals surface area contributed by atoms with Crippen molar-refractivity contribution in [3.63, 3.8) is 0 Å². The minimum atomic E-state index is -2.78. The number of benzene rings is 2. The summed E-state index contributed by atoms with van der Waals surface area (Å²) in [4.78, 5) is 54.5. The third kappa shape index (κ3) is 6.68. The molecular formula is C43H53NO15. The minimum absolute atomic E-state index is 0.0127. The van der Waals surface area contributed by atoms with E-state index < -0.39 is 113 Å². The molecule has 0 aromatic heterocycles. The molecule has 2 heterocycles. The van der Waals surface area contributed by atoms with Gasteiger partial charge in [-0.1, -0.05) is 57.2 Å². The first-order valence-corrected chi connectivity index (χ1v) is 19.9. The van der Waals surface area contributed by atoms with E-state index in [0.29, 0.717) is 19.4 Å². The van der Waals surface area contributed by atoms with E-state index in [1.165, 1.54) is 39.8 Å². The standard InChI is InChI=1S/C43H53NO15/c1-21-28-30(47)34(49)41(5)26(46)19-27-42(20-56-27,59-22(2)45)33(41)36(58-38(52)24-15-10-7-11-16-24)43(54,40(28,3)4)35(50)32(21)57-39(53)31(48)29(25-17-12-18-55-25)44-37(51)23-13-8-6-9-14-23/h6-11,13-16,25-27,29-36,46-50,54H,12,17-20H2,1-5H3,(H,44,51)/t25?,26-,27+,29-,30+,31+,32+,33?,34+,35-,36?,41+,42-,43+/m0/s1. The molecule has 3 unspecified atom stereocenters. The fourth-order valence-corrected chi connectivity index (χ4v) is 10.6. The first kappa shape index (κ1) is 42.8. The highest BCUT2D eigenvalue weighted by Crippen LogP contribution is 2.65. The SMILES string of the molecule is CC(=O)O[C@@]12CO[C@@H]1C[C@H](O)[C@]1(C)C2C(OC(=O)c2ccccc2)[C@]2(O)[C@@H](O)[C@H](OC(=O)[C@H](O)[C@@H](NC(=O)c3ccccc3)C3CCCO3)C(C)=C([C@@H](O)[C@H]1O)C2(C)C. The first-order chi connectivity index (χ1) is 27.8. The van der Waals surface area contributed by atoms with Crippen molar-refractivity contribution in [3.8, 4) is 0 Å². The lowest BCUT2D eigenvalue weighted by atomic mass is 9.44. The molecule has 2 bridgehead atoms. The van der Waals surface area contributed by atoms with E-state index in [4.69, 9.17) is 23.7 Å². The maximum Gasteiger partial charge on any atom is 0.338 e. The number of aliphatic hydroxyl groups is 6. The summed E-state index contributed by atoms with van der Waals surface area (Å²) >= 11 is 0. The van der Waals surface area contributed by atoms with Gasteiger partial charge in [0, 0.05) is 36.3 Å². The molecule has 4 fully saturated rings. The molecule has 1 amide bonds. The van der Waals surface area contributed by atoms with E-state index in [2.05, 4.69) is 5.32 Å². The molecule has 5 aliphatic rings. The lowest BCUT2D eigenvalue weighted by Crippen LogP contribution is -2.84. The number of rotatable bonds is 9. The van der Waals surface area contributed by atoms with Gasteiger partial charge in [-0.05, 0) is 55.2 Å². The molecule has 0 spiro atoms. The summed E-state index contributed by atoms with van der Waals surface area (Å²) in [7, 11) is 0. The van der Waals surface area contributed by atoms with Crippen LogP contribution >= 0.6 is 0 Å². The number of hydrogen-bond acceptors (Lipinski definition) is 15. The van der Waals surface area contributed by atoms with Crippen LogP contribution < -0.4 is 5.32 Å². The van der Waals surface area contributed by atoms with Crippen LogP contribution in [0.5, 0.6) is 0 Å². The topological polar surface area (TPSA) is 248 Å². The maximum absolute atomic E-state index is 14.2. The molecule has 2 aromatic carbocycles. The van der Waals surface area contributed by atoms with E-state index in [-0.39, 0.29) is 35.3 Å². The Kier molecular flexibility index (Phi) is 11.4. The fraction of sp³-hybridized carbons (Fsp3) is 0.581. The molecule has 16 heteroatoms. The second kappa shape index (κ2) is 15.6. The van der Waals surface area contributed by atoms with Crippen LogP contribution in [0.25, 0.3) is 0 Å². The molecule has 7 N–H and O–H groups in total. The normalized spacial score (nSPS) is 38.2. The number of hydrogen-bond donors (Lipinski definition) is 7. The second-order valence-corrected chi connectivity index (χ2v) is 17.2. The van der Waals surface area contributed by atoms with E-state index in [1.54, 1.807) is 48.5 Å². The molecule has 7 rings (SSSR count). The zero-order valence-corrected chi connectivity index (χ0v) is 33.5. The number of carbonyl (C=O) groups excluding carboxylic acids is 4. The summed E-state index contributed by atoms with van der Waals surface area (Å²) < 4.78 is 29.8. The van der Waals surface area contributed by atoms with Crippen molar-refractivity contribution in [1.82, 2.24) is 5.32 Å². The first-order valence-electron chi connectivity index (χ1n) is 19.9. The summed E-state index contributed by atoms with van der Waals surface area (Å²) in [5, 5.41) is 77.0. The van der Waals surface area contributed by atoms with Crippen molar-refractivity contribution in [3.05, 3.63) is 82.9 Å². The molecule has 3 aliphatic carbocycles. The van der Waals surface area contributed by atoms with Crippen LogP contribution in [0.4, 0.5) is 0 Å². The van der Waals surface area contributed by atoms with Gasteiger partial charge in [0.05, 0.1) is 42.4 Å². The van der Waals surface area contributed by atoms with Crippen LogP contribution in [-0.4, -0.2) is 140 Å². The van der Waals surface area contributed by atoms with Crippen LogP contribution in [0, 0.1) is 16.7 Å². The molecule has 320 valence electrons. The minimum Gasteiger partial charge on any atom is -0.455 e. The quantitative estimate of drug-likeness (QED) is 0.105. The van der Waals surface area contributed by atoms with Crippen molar-refractivity contribution < 1.29 is 73.5 Å². The number of aliphatic hydroxyl groups excluding tert-OH is 5. The second-order valence-electron chi connectivity index (χ2n) is 17.2. The van der Waals surface area contributed by atoms with Crippen LogP contribution in [-0.2, 0) is 33.3 Å². The van der Waals surface area contributed by atoms with Gasteiger partial charge >= 0.3 is 17.9 Å². The van der Waals surface area contributed by atoms with Gasteiger partial charge in [0.25, 0.3) is 5.91 Å². The smallest absolute Gasteiger partial charge is 0.338 e. The Bertz CT molecular complexity index is 1970.